The molecular weight excluding hydrogens is 166 g/mol. The normalized spacial score (nSPS) is 26.2. The maximum absolute atomic E-state index is 11.0. The number of quaternary nitrogens is 1. The van der Waals surface area contributed by atoms with Crippen LogP contribution in [0.15, 0.2) is 24.4 Å². The van der Waals surface area contributed by atoms with Crippen LogP contribution in [-0.4, -0.2) is 23.7 Å². The Morgan fingerprint density at radius 1 is 1.54 bits per heavy atom. The summed E-state index contributed by atoms with van der Waals surface area (Å²) in [6.45, 7) is 3.19. The van der Waals surface area contributed by atoms with E-state index in [1.165, 1.54) is 0 Å². The third-order valence-electron chi connectivity index (χ3n) is 2.32. The highest BCUT2D eigenvalue weighted by Gasteiger charge is 2.26. The van der Waals surface area contributed by atoms with Crippen LogP contribution in [0.25, 0.3) is 0 Å². The molecule has 0 radical (unpaired) electrons. The molecule has 0 saturated carbocycles. The van der Waals surface area contributed by atoms with Crippen molar-refractivity contribution in [2.24, 2.45) is 0 Å². The summed E-state index contributed by atoms with van der Waals surface area (Å²) in [5.74, 6) is 0. The molecule has 1 aliphatic rings. The van der Waals surface area contributed by atoms with Crippen molar-refractivity contribution in [3.8, 4) is 0 Å². The van der Waals surface area contributed by atoms with Gasteiger partial charge in [0.15, 0.2) is 0 Å². The molecule has 0 aromatic heterocycles. The molecule has 72 valence electrons. The minimum atomic E-state index is -1.01. The lowest BCUT2D eigenvalue weighted by Gasteiger charge is -2.34. The van der Waals surface area contributed by atoms with Gasteiger partial charge in [-0.3, -0.25) is 0 Å². The van der Waals surface area contributed by atoms with E-state index in [9.17, 15) is 9.90 Å². The van der Waals surface area contributed by atoms with Gasteiger partial charge in [0.1, 0.15) is 12.7 Å². The van der Waals surface area contributed by atoms with Crippen molar-refractivity contribution < 1.29 is 14.4 Å². The summed E-state index contributed by atoms with van der Waals surface area (Å²) in [6.07, 6.45) is 8.11. The Hall–Kier alpha value is -1.09. The minimum Gasteiger partial charge on any atom is -0.498 e. The van der Waals surface area contributed by atoms with E-state index in [2.05, 4.69) is 6.92 Å². The van der Waals surface area contributed by atoms with Gasteiger partial charge in [0.25, 0.3) is 6.09 Å². The number of amides is 1. The quantitative estimate of drug-likeness (QED) is 0.610. The van der Waals surface area contributed by atoms with Crippen LogP contribution >= 0.6 is 0 Å². The van der Waals surface area contributed by atoms with Gasteiger partial charge >= 0.3 is 0 Å². The van der Waals surface area contributed by atoms with Crippen molar-refractivity contribution in [1.29, 1.82) is 0 Å². The van der Waals surface area contributed by atoms with Gasteiger partial charge in [-0.1, -0.05) is 19.4 Å². The van der Waals surface area contributed by atoms with E-state index in [4.69, 9.17) is 0 Å². The number of carboxylic acid groups (broad SMARTS) is 1. The molecule has 0 spiro atoms. The van der Waals surface area contributed by atoms with Crippen LogP contribution in [0.1, 0.15) is 19.8 Å². The summed E-state index contributed by atoms with van der Waals surface area (Å²) in [5, 5.41) is 11.0. The van der Waals surface area contributed by atoms with Crippen molar-refractivity contribution in [3.05, 3.63) is 24.4 Å². The largest absolute Gasteiger partial charge is 0.498 e. The van der Waals surface area contributed by atoms with Crippen molar-refractivity contribution in [2.45, 2.75) is 19.8 Å². The smallest absolute Gasteiger partial charge is 0.262 e. The molecular formula is C10H15NO2. The zero-order valence-electron chi connectivity index (χ0n) is 7.90. The van der Waals surface area contributed by atoms with E-state index in [0.29, 0.717) is 13.1 Å². The first kappa shape index (κ1) is 9.99. The minimum absolute atomic E-state index is 0.0513. The van der Waals surface area contributed by atoms with Crippen LogP contribution in [-0.2, 0) is 0 Å². The lowest BCUT2D eigenvalue weighted by Crippen LogP contribution is -2.56. The predicted molar refractivity (Wildman–Crippen MR) is 48.6 cm³/mol. The highest BCUT2D eigenvalue weighted by atomic mass is 16.4. The molecule has 0 N–H and O–H groups in total. The maximum atomic E-state index is 11.0. The average Bonchev–Trinajstić information content (AvgIpc) is 2.16. The SMILES string of the molecule is CCCC[N+]1(C(=O)[O-])C=CC=CC1. The number of unbranched alkanes of at least 4 members (excludes halogenated alkanes) is 1. The fourth-order valence-electron chi connectivity index (χ4n) is 1.44. The van der Waals surface area contributed by atoms with Crippen LogP contribution in [0.3, 0.4) is 0 Å². The second-order valence-electron chi connectivity index (χ2n) is 3.33. The summed E-state index contributed by atoms with van der Waals surface area (Å²) < 4.78 is -0.0513. The molecule has 1 unspecified atom stereocenters. The molecule has 0 saturated heterocycles. The summed E-state index contributed by atoms with van der Waals surface area (Å²) in [6, 6.07) is 0. The average molecular weight is 181 g/mol. The zero-order chi connectivity index (χ0) is 9.73. The first-order valence-corrected chi connectivity index (χ1v) is 4.64. The van der Waals surface area contributed by atoms with E-state index in [1.54, 1.807) is 12.3 Å². The Labute approximate surface area is 78.6 Å². The highest BCUT2D eigenvalue weighted by Crippen LogP contribution is 2.14. The molecule has 1 aliphatic heterocycles. The van der Waals surface area contributed by atoms with E-state index in [1.807, 2.05) is 12.2 Å². The van der Waals surface area contributed by atoms with Gasteiger partial charge in [0, 0.05) is 0 Å². The number of rotatable bonds is 3. The maximum Gasteiger partial charge on any atom is 0.262 e. The first-order chi connectivity index (χ1) is 6.21. The summed E-state index contributed by atoms with van der Waals surface area (Å²) >= 11 is 0. The Balaban J connectivity index is 2.70. The number of carbonyl (C=O) groups is 1. The Morgan fingerprint density at radius 2 is 2.31 bits per heavy atom. The Morgan fingerprint density at radius 3 is 2.77 bits per heavy atom. The van der Waals surface area contributed by atoms with Gasteiger partial charge in [-0.25, -0.2) is 4.48 Å². The Kier molecular flexibility index (Phi) is 3.25. The molecule has 0 aliphatic carbocycles. The van der Waals surface area contributed by atoms with Crippen molar-refractivity contribution in [2.75, 3.05) is 13.1 Å². The van der Waals surface area contributed by atoms with E-state index < -0.39 is 6.09 Å². The molecule has 1 rings (SSSR count). The van der Waals surface area contributed by atoms with E-state index >= 15 is 0 Å². The third-order valence-corrected chi connectivity index (χ3v) is 2.32. The summed E-state index contributed by atoms with van der Waals surface area (Å²) in [5.41, 5.74) is 0. The standard InChI is InChI=1S/C10H15NO2/c1-2-3-7-11(10(12)13)8-5-4-6-9-11/h4-6,8H,2-3,7,9H2,1H3. The molecule has 1 atom stereocenters. The number of allylic oxidation sites excluding steroid dienone is 2. The monoisotopic (exact) mass is 181 g/mol. The molecule has 0 aromatic carbocycles. The lowest BCUT2D eigenvalue weighted by atomic mass is 10.2. The topological polar surface area (TPSA) is 40.1 Å². The van der Waals surface area contributed by atoms with Crippen LogP contribution < -0.4 is 5.11 Å². The zero-order valence-corrected chi connectivity index (χ0v) is 7.90. The van der Waals surface area contributed by atoms with Gasteiger partial charge in [0.2, 0.25) is 0 Å². The van der Waals surface area contributed by atoms with Crippen molar-refractivity contribution in [3.63, 3.8) is 0 Å². The Bertz CT molecular complexity index is 245. The van der Waals surface area contributed by atoms with Gasteiger partial charge in [-0.15, -0.1) is 0 Å². The number of hydrogen-bond acceptors (Lipinski definition) is 2. The fraction of sp³-hybridized carbons (Fsp3) is 0.500. The van der Waals surface area contributed by atoms with Gasteiger partial charge < -0.3 is 9.90 Å². The van der Waals surface area contributed by atoms with Crippen molar-refractivity contribution >= 4 is 6.09 Å². The van der Waals surface area contributed by atoms with Crippen LogP contribution in [0.5, 0.6) is 0 Å². The molecule has 13 heavy (non-hydrogen) atoms. The van der Waals surface area contributed by atoms with Gasteiger partial charge in [-0.2, -0.15) is 0 Å². The van der Waals surface area contributed by atoms with Crippen molar-refractivity contribution in [1.82, 2.24) is 0 Å². The van der Waals surface area contributed by atoms with Crippen LogP contribution in [0.2, 0.25) is 0 Å². The van der Waals surface area contributed by atoms with Crippen LogP contribution in [0.4, 0.5) is 4.79 Å². The molecule has 3 nitrogen and oxygen atoms in total. The summed E-state index contributed by atoms with van der Waals surface area (Å²) in [4.78, 5) is 11.0. The number of hydrogen-bond donors (Lipinski definition) is 0. The van der Waals surface area contributed by atoms with Gasteiger partial charge in [0.05, 0.1) is 6.54 Å². The number of nitrogens with zero attached hydrogens (tertiary/aromatic N) is 1. The number of carbonyl (C=O) groups excluding carboxylic acids is 1. The van der Waals surface area contributed by atoms with Gasteiger partial charge in [-0.05, 0) is 18.6 Å². The van der Waals surface area contributed by atoms with E-state index in [-0.39, 0.29) is 4.48 Å². The molecule has 0 bridgehead atoms. The second-order valence-corrected chi connectivity index (χ2v) is 3.33. The molecule has 3 heteroatoms. The third kappa shape index (κ3) is 2.18. The molecule has 1 amide bonds. The molecule has 0 fully saturated rings. The first-order valence-electron chi connectivity index (χ1n) is 4.64. The predicted octanol–water partition coefficient (Wildman–Crippen LogP) is 1.03. The lowest BCUT2D eigenvalue weighted by molar-refractivity contribution is -0.823. The van der Waals surface area contributed by atoms with Crippen LogP contribution in [0, 0.1) is 0 Å². The highest BCUT2D eigenvalue weighted by molar-refractivity contribution is 5.55. The fourth-order valence-corrected chi connectivity index (χ4v) is 1.44. The molecule has 1 heterocycles. The summed E-state index contributed by atoms with van der Waals surface area (Å²) in [7, 11) is 0. The van der Waals surface area contributed by atoms with E-state index in [0.717, 1.165) is 12.8 Å². The molecule has 0 aromatic rings. The second kappa shape index (κ2) is 4.23.